The van der Waals surface area contributed by atoms with Gasteiger partial charge in [-0.25, -0.2) is 4.79 Å². The summed E-state index contributed by atoms with van der Waals surface area (Å²) in [4.78, 5) is 12.0. The molecule has 0 amide bonds. The van der Waals surface area contributed by atoms with Crippen LogP contribution in [0.4, 0.5) is 0 Å². The smallest absolute Gasteiger partial charge is 0.383 e. The van der Waals surface area contributed by atoms with Crippen LogP contribution in [0.1, 0.15) is 20.3 Å². The normalized spacial score (nSPS) is 11.7. The van der Waals surface area contributed by atoms with Gasteiger partial charge in [-0.3, -0.25) is 0 Å². The summed E-state index contributed by atoms with van der Waals surface area (Å²) in [6, 6.07) is 4.65. The topological polar surface area (TPSA) is 89.1 Å². The number of rotatable bonds is 6. The van der Waals surface area contributed by atoms with Gasteiger partial charge in [-0.1, -0.05) is 6.92 Å². The second kappa shape index (κ2) is 7.00. The van der Waals surface area contributed by atoms with Crippen molar-refractivity contribution in [1.82, 2.24) is 0 Å². The zero-order chi connectivity index (χ0) is 16.1. The fraction of sp³-hybridized carbons (Fsp3) is 0.312. The molecule has 1 heterocycles. The highest BCUT2D eigenvalue weighted by atomic mass is 16.5. The zero-order valence-electron chi connectivity index (χ0n) is 12.5. The van der Waals surface area contributed by atoms with Gasteiger partial charge in [0.15, 0.2) is 5.75 Å². The molecule has 0 saturated carbocycles. The Bertz CT molecular complexity index is 744. The molecule has 0 aliphatic heterocycles. The lowest BCUT2D eigenvalue weighted by atomic mass is 10.2. The van der Waals surface area contributed by atoms with Gasteiger partial charge in [0.25, 0.3) is 5.75 Å². The molecule has 1 aromatic heterocycles. The van der Waals surface area contributed by atoms with Crippen molar-refractivity contribution in [3.05, 3.63) is 40.5 Å². The van der Waals surface area contributed by atoms with Crippen molar-refractivity contribution in [3.63, 3.8) is 0 Å². The van der Waals surface area contributed by atoms with Crippen LogP contribution in [0.5, 0.6) is 17.2 Å². The van der Waals surface area contributed by atoms with Crippen LogP contribution in [-0.2, 0) is 0 Å². The fourth-order valence-corrected chi connectivity index (χ4v) is 1.96. The molecule has 118 valence electrons. The first-order valence-corrected chi connectivity index (χ1v) is 6.97. The van der Waals surface area contributed by atoms with E-state index in [1.807, 2.05) is 6.92 Å². The van der Waals surface area contributed by atoms with E-state index >= 15 is 0 Å². The molecule has 0 fully saturated rings. The maximum atomic E-state index is 12.0. The highest BCUT2D eigenvalue weighted by molar-refractivity contribution is 5.86. The molecule has 2 rings (SSSR count). The Morgan fingerprint density at radius 3 is 2.82 bits per heavy atom. The SMILES string of the molecule is CC=C(CC)Oc1c(O)c2ccc(OCCO)cc2oc1=O. The number of hydrogen-bond donors (Lipinski definition) is 2. The number of benzene rings is 1. The molecular weight excluding hydrogens is 288 g/mol. The van der Waals surface area contributed by atoms with E-state index in [9.17, 15) is 9.90 Å². The Labute approximate surface area is 127 Å². The molecule has 1 aromatic carbocycles. The van der Waals surface area contributed by atoms with Crippen LogP contribution in [0.25, 0.3) is 11.0 Å². The number of allylic oxidation sites excluding steroid dienone is 2. The molecule has 2 N–H and O–H groups in total. The summed E-state index contributed by atoms with van der Waals surface area (Å²) < 4.78 is 15.8. The molecule has 6 heteroatoms. The quantitative estimate of drug-likeness (QED) is 0.630. The van der Waals surface area contributed by atoms with Crippen molar-refractivity contribution in [3.8, 4) is 17.2 Å². The summed E-state index contributed by atoms with van der Waals surface area (Å²) in [5, 5.41) is 19.3. The second-order valence-corrected chi connectivity index (χ2v) is 4.51. The first-order valence-electron chi connectivity index (χ1n) is 6.97. The maximum absolute atomic E-state index is 12.0. The second-order valence-electron chi connectivity index (χ2n) is 4.51. The van der Waals surface area contributed by atoms with E-state index in [4.69, 9.17) is 19.0 Å². The zero-order valence-corrected chi connectivity index (χ0v) is 12.5. The van der Waals surface area contributed by atoms with Gasteiger partial charge in [0.2, 0.25) is 0 Å². The molecule has 0 unspecified atom stereocenters. The summed E-state index contributed by atoms with van der Waals surface area (Å²) in [7, 11) is 0. The lowest BCUT2D eigenvalue weighted by molar-refractivity contribution is 0.201. The summed E-state index contributed by atoms with van der Waals surface area (Å²) in [6.07, 6.45) is 2.30. The average molecular weight is 306 g/mol. The minimum atomic E-state index is -0.767. The lowest BCUT2D eigenvalue weighted by Crippen LogP contribution is -2.07. The number of hydrogen-bond acceptors (Lipinski definition) is 6. The van der Waals surface area contributed by atoms with Crippen LogP contribution < -0.4 is 15.1 Å². The standard InChI is InChI=1S/C16H18O6/c1-3-10(4-2)21-15-14(18)12-6-5-11(20-8-7-17)9-13(12)22-16(15)19/h3,5-6,9,17-18H,4,7-8H2,1-2H3. The van der Waals surface area contributed by atoms with E-state index < -0.39 is 5.63 Å². The predicted octanol–water partition coefficient (Wildman–Crippen LogP) is 2.56. The van der Waals surface area contributed by atoms with Crippen molar-refractivity contribution in [1.29, 1.82) is 0 Å². The van der Waals surface area contributed by atoms with Crippen LogP contribution in [-0.4, -0.2) is 23.4 Å². The van der Waals surface area contributed by atoms with Crippen molar-refractivity contribution in [2.75, 3.05) is 13.2 Å². The lowest BCUT2D eigenvalue weighted by Gasteiger charge is -2.10. The third-order valence-corrected chi connectivity index (χ3v) is 3.07. The average Bonchev–Trinajstić information content (AvgIpc) is 2.52. The summed E-state index contributed by atoms with van der Waals surface area (Å²) in [5.41, 5.74) is -0.582. The van der Waals surface area contributed by atoms with E-state index in [-0.39, 0.29) is 30.3 Å². The van der Waals surface area contributed by atoms with Crippen LogP contribution in [0, 0.1) is 0 Å². The fourth-order valence-electron chi connectivity index (χ4n) is 1.96. The summed E-state index contributed by atoms with van der Waals surface area (Å²) in [5.74, 6) is 0.490. The molecular formula is C16H18O6. The third-order valence-electron chi connectivity index (χ3n) is 3.07. The number of fused-ring (bicyclic) bond motifs is 1. The maximum Gasteiger partial charge on any atom is 0.383 e. The van der Waals surface area contributed by atoms with Crippen LogP contribution in [0.3, 0.4) is 0 Å². The predicted molar refractivity (Wildman–Crippen MR) is 81.4 cm³/mol. The van der Waals surface area contributed by atoms with Gasteiger partial charge in [-0.15, -0.1) is 0 Å². The van der Waals surface area contributed by atoms with Gasteiger partial charge in [0.05, 0.1) is 12.0 Å². The molecule has 6 nitrogen and oxygen atoms in total. The van der Waals surface area contributed by atoms with E-state index in [0.29, 0.717) is 23.3 Å². The molecule has 0 aliphatic rings. The molecule has 0 aliphatic carbocycles. The number of aliphatic hydroxyl groups is 1. The summed E-state index contributed by atoms with van der Waals surface area (Å²) >= 11 is 0. The van der Waals surface area contributed by atoms with Gasteiger partial charge in [0.1, 0.15) is 23.7 Å². The molecule has 2 aromatic rings. The first-order chi connectivity index (χ1) is 10.6. The van der Waals surface area contributed by atoms with Gasteiger partial charge in [0, 0.05) is 12.5 Å². The molecule has 0 atom stereocenters. The Kier molecular flexibility index (Phi) is 5.06. The van der Waals surface area contributed by atoms with Crippen LogP contribution in [0.15, 0.2) is 39.2 Å². The monoisotopic (exact) mass is 306 g/mol. The number of ether oxygens (including phenoxy) is 2. The third kappa shape index (κ3) is 3.23. The molecule has 0 saturated heterocycles. The van der Waals surface area contributed by atoms with Gasteiger partial charge < -0.3 is 24.1 Å². The Morgan fingerprint density at radius 2 is 2.18 bits per heavy atom. The van der Waals surface area contributed by atoms with Crippen LogP contribution in [0.2, 0.25) is 0 Å². The van der Waals surface area contributed by atoms with Gasteiger partial charge in [-0.05, 0) is 25.1 Å². The highest BCUT2D eigenvalue weighted by Gasteiger charge is 2.17. The van der Waals surface area contributed by atoms with E-state index in [1.165, 1.54) is 6.07 Å². The van der Waals surface area contributed by atoms with Gasteiger partial charge >= 0.3 is 5.63 Å². The van der Waals surface area contributed by atoms with Crippen molar-refractivity contribution < 1.29 is 24.1 Å². The Balaban J connectivity index is 2.47. The Morgan fingerprint density at radius 1 is 1.41 bits per heavy atom. The Hall–Kier alpha value is -2.47. The van der Waals surface area contributed by atoms with E-state index in [2.05, 4.69) is 0 Å². The van der Waals surface area contributed by atoms with Crippen molar-refractivity contribution in [2.45, 2.75) is 20.3 Å². The molecule has 0 spiro atoms. The number of aromatic hydroxyl groups is 1. The minimum absolute atomic E-state index is 0.122. The largest absolute Gasteiger partial charge is 0.504 e. The number of aliphatic hydroxyl groups excluding tert-OH is 1. The van der Waals surface area contributed by atoms with E-state index in [0.717, 1.165) is 0 Å². The van der Waals surface area contributed by atoms with Gasteiger partial charge in [-0.2, -0.15) is 0 Å². The van der Waals surface area contributed by atoms with Crippen molar-refractivity contribution >= 4 is 11.0 Å². The first kappa shape index (κ1) is 15.9. The summed E-state index contributed by atoms with van der Waals surface area (Å²) in [6.45, 7) is 3.66. The van der Waals surface area contributed by atoms with Crippen molar-refractivity contribution in [2.24, 2.45) is 0 Å². The van der Waals surface area contributed by atoms with Crippen LogP contribution >= 0.6 is 0 Å². The molecule has 0 bridgehead atoms. The minimum Gasteiger partial charge on any atom is -0.504 e. The molecule has 22 heavy (non-hydrogen) atoms. The highest BCUT2D eigenvalue weighted by Crippen LogP contribution is 2.34. The van der Waals surface area contributed by atoms with E-state index in [1.54, 1.807) is 25.1 Å². The molecule has 0 radical (unpaired) electrons.